The van der Waals surface area contributed by atoms with E-state index in [2.05, 4.69) is 26.0 Å². The minimum atomic E-state index is -0.708. The van der Waals surface area contributed by atoms with E-state index in [1.807, 2.05) is 35.3 Å². The number of carbonyl (C=O) groups excluding carboxylic acids is 1. The molecule has 0 atom stereocenters. The number of amides is 1. The van der Waals surface area contributed by atoms with Gasteiger partial charge in [-0.3, -0.25) is 14.6 Å². The number of H-pyrrole nitrogens is 2. The van der Waals surface area contributed by atoms with Crippen LogP contribution in [0.5, 0.6) is 11.5 Å². The van der Waals surface area contributed by atoms with Crippen LogP contribution in [0.3, 0.4) is 0 Å². The Morgan fingerprint density at radius 1 is 1.16 bits per heavy atom. The topological polar surface area (TPSA) is 151 Å². The van der Waals surface area contributed by atoms with Crippen molar-refractivity contribution in [3.8, 4) is 11.5 Å². The Morgan fingerprint density at radius 2 is 1.97 bits per heavy atom. The second-order valence-electron chi connectivity index (χ2n) is 6.51. The molecule has 4 N–H and O–H groups in total. The number of hydrogen-bond acceptors (Lipinski definition) is 8. The van der Waals surface area contributed by atoms with Crippen LogP contribution in [0.4, 0.5) is 5.82 Å². The molecule has 1 heterocycles. The number of nitrogens with one attached hydrogen (secondary N) is 4. The minimum absolute atomic E-state index is 0.0349. The summed E-state index contributed by atoms with van der Waals surface area (Å²) in [7, 11) is 1.54. The number of ether oxygens (including phenoxy) is 2. The van der Waals surface area contributed by atoms with Gasteiger partial charge in [-0.2, -0.15) is 5.10 Å². The highest BCUT2D eigenvalue weighted by atomic mass is 16.5. The van der Waals surface area contributed by atoms with Gasteiger partial charge in [0.15, 0.2) is 11.5 Å². The molecule has 1 amide bonds. The lowest BCUT2D eigenvalue weighted by Crippen LogP contribution is -2.28. The van der Waals surface area contributed by atoms with Crippen molar-refractivity contribution in [3.63, 3.8) is 0 Å². The van der Waals surface area contributed by atoms with Crippen LogP contribution in [0.2, 0.25) is 0 Å². The SMILES string of the molecule is COc1cc(/C=N/NC(=O)CCNc2n[nH]c(=O)[nH]c2=O)ccc1OCc1ccccc1. The van der Waals surface area contributed by atoms with Crippen LogP contribution in [-0.4, -0.2) is 41.0 Å². The molecular formula is C21H22N6O5. The van der Waals surface area contributed by atoms with Gasteiger partial charge in [-0.1, -0.05) is 30.3 Å². The molecule has 0 aliphatic rings. The van der Waals surface area contributed by atoms with E-state index in [1.165, 1.54) is 6.21 Å². The molecular weight excluding hydrogens is 416 g/mol. The van der Waals surface area contributed by atoms with Crippen molar-refractivity contribution in [1.29, 1.82) is 0 Å². The number of nitrogens with zero attached hydrogens (tertiary/aromatic N) is 2. The number of aromatic nitrogens is 3. The monoisotopic (exact) mass is 438 g/mol. The maximum absolute atomic E-state index is 11.9. The average Bonchev–Trinajstić information content (AvgIpc) is 2.80. The first-order chi connectivity index (χ1) is 15.5. The fourth-order valence-electron chi connectivity index (χ4n) is 2.62. The smallest absolute Gasteiger partial charge is 0.342 e. The number of anilines is 1. The van der Waals surface area contributed by atoms with E-state index < -0.39 is 11.2 Å². The van der Waals surface area contributed by atoms with Crippen LogP contribution in [0.1, 0.15) is 17.5 Å². The lowest BCUT2D eigenvalue weighted by Gasteiger charge is -2.11. The molecule has 0 fully saturated rings. The molecule has 0 aliphatic heterocycles. The van der Waals surface area contributed by atoms with E-state index in [-0.39, 0.29) is 24.7 Å². The second kappa shape index (κ2) is 11.1. The number of benzene rings is 2. The Morgan fingerprint density at radius 3 is 2.72 bits per heavy atom. The lowest BCUT2D eigenvalue weighted by atomic mass is 10.2. The van der Waals surface area contributed by atoms with Gasteiger partial charge in [-0.05, 0) is 29.3 Å². The van der Waals surface area contributed by atoms with E-state index >= 15 is 0 Å². The molecule has 1 aromatic heterocycles. The largest absolute Gasteiger partial charge is 0.493 e. The first-order valence-electron chi connectivity index (χ1n) is 9.64. The van der Waals surface area contributed by atoms with Gasteiger partial charge >= 0.3 is 5.69 Å². The first-order valence-corrected chi connectivity index (χ1v) is 9.64. The van der Waals surface area contributed by atoms with Crippen molar-refractivity contribution >= 4 is 17.9 Å². The maximum atomic E-state index is 11.9. The van der Waals surface area contributed by atoms with Crippen molar-refractivity contribution < 1.29 is 14.3 Å². The van der Waals surface area contributed by atoms with Crippen molar-refractivity contribution in [3.05, 3.63) is 80.5 Å². The average molecular weight is 438 g/mol. The van der Waals surface area contributed by atoms with Crippen LogP contribution in [0, 0.1) is 0 Å². The van der Waals surface area contributed by atoms with Gasteiger partial charge in [0.05, 0.1) is 13.3 Å². The predicted octanol–water partition coefficient (Wildman–Crippen LogP) is 0.998. The molecule has 0 spiro atoms. The number of hydrazone groups is 1. The summed E-state index contributed by atoms with van der Waals surface area (Å²) >= 11 is 0. The number of aromatic amines is 2. The third-order valence-corrected chi connectivity index (χ3v) is 4.18. The summed E-state index contributed by atoms with van der Waals surface area (Å²) in [4.78, 5) is 36.3. The summed E-state index contributed by atoms with van der Waals surface area (Å²) in [6, 6.07) is 15.1. The first kappa shape index (κ1) is 22.3. The zero-order valence-corrected chi connectivity index (χ0v) is 17.3. The Balaban J connectivity index is 1.48. The van der Waals surface area contributed by atoms with Crippen molar-refractivity contribution in [2.45, 2.75) is 13.0 Å². The predicted molar refractivity (Wildman–Crippen MR) is 118 cm³/mol. The molecule has 11 nitrogen and oxygen atoms in total. The quantitative estimate of drug-likeness (QED) is 0.272. The van der Waals surface area contributed by atoms with Crippen LogP contribution in [-0.2, 0) is 11.4 Å². The fourth-order valence-corrected chi connectivity index (χ4v) is 2.62. The van der Waals surface area contributed by atoms with Crippen molar-refractivity contribution in [2.75, 3.05) is 19.0 Å². The van der Waals surface area contributed by atoms with Gasteiger partial charge in [0.2, 0.25) is 11.7 Å². The molecule has 0 aliphatic carbocycles. The molecule has 166 valence electrons. The maximum Gasteiger partial charge on any atom is 0.342 e. The van der Waals surface area contributed by atoms with Gasteiger partial charge in [0, 0.05) is 13.0 Å². The molecule has 3 rings (SSSR count). The van der Waals surface area contributed by atoms with E-state index in [9.17, 15) is 14.4 Å². The van der Waals surface area contributed by atoms with Gasteiger partial charge in [-0.25, -0.2) is 15.3 Å². The highest BCUT2D eigenvalue weighted by molar-refractivity contribution is 5.83. The minimum Gasteiger partial charge on any atom is -0.493 e. The molecule has 0 unspecified atom stereocenters. The molecule has 0 saturated carbocycles. The zero-order chi connectivity index (χ0) is 22.8. The van der Waals surface area contributed by atoms with E-state index in [0.717, 1.165) is 5.56 Å². The molecule has 0 radical (unpaired) electrons. The summed E-state index contributed by atoms with van der Waals surface area (Å²) in [5, 5.41) is 12.2. The van der Waals surface area contributed by atoms with Crippen molar-refractivity contribution in [1.82, 2.24) is 20.6 Å². The molecule has 11 heteroatoms. The van der Waals surface area contributed by atoms with Gasteiger partial charge in [0.25, 0.3) is 5.56 Å². The molecule has 0 saturated heterocycles. The Labute approximate surface area is 182 Å². The van der Waals surface area contributed by atoms with E-state index in [1.54, 1.807) is 25.3 Å². The third kappa shape index (κ3) is 6.55. The van der Waals surface area contributed by atoms with E-state index in [0.29, 0.717) is 23.7 Å². The highest BCUT2D eigenvalue weighted by Gasteiger charge is 2.06. The lowest BCUT2D eigenvalue weighted by molar-refractivity contribution is -0.120. The number of rotatable bonds is 10. The third-order valence-electron chi connectivity index (χ3n) is 4.18. The standard InChI is InChI=1S/C21H22N6O5/c1-31-17-11-15(7-8-16(17)32-13-14-5-3-2-4-6-14)12-23-25-18(28)9-10-22-19-20(29)24-21(30)27-26-19/h2-8,11-12H,9-10,13H2,1H3,(H,22,26)(H,25,28)(H2,24,27,29,30)/b23-12+. The molecule has 0 bridgehead atoms. The van der Waals surface area contributed by atoms with Gasteiger partial charge < -0.3 is 14.8 Å². The van der Waals surface area contributed by atoms with Gasteiger partial charge in [-0.15, -0.1) is 5.10 Å². The van der Waals surface area contributed by atoms with Crippen LogP contribution in [0.25, 0.3) is 0 Å². The number of hydrogen-bond donors (Lipinski definition) is 4. The molecule has 2 aromatic carbocycles. The Kier molecular flexibility index (Phi) is 7.73. The molecule has 3 aromatic rings. The molecule has 32 heavy (non-hydrogen) atoms. The van der Waals surface area contributed by atoms with Crippen LogP contribution in [0.15, 0.2) is 63.2 Å². The normalized spacial score (nSPS) is 10.7. The highest BCUT2D eigenvalue weighted by Crippen LogP contribution is 2.28. The summed E-state index contributed by atoms with van der Waals surface area (Å²) in [6.45, 7) is 0.542. The number of methoxy groups -OCH3 is 1. The van der Waals surface area contributed by atoms with E-state index in [4.69, 9.17) is 9.47 Å². The summed E-state index contributed by atoms with van der Waals surface area (Å²) in [6.07, 6.45) is 1.51. The fraction of sp³-hybridized carbons (Fsp3) is 0.190. The number of carbonyl (C=O) groups is 1. The van der Waals surface area contributed by atoms with Crippen molar-refractivity contribution in [2.24, 2.45) is 5.10 Å². The van der Waals surface area contributed by atoms with Gasteiger partial charge in [0.1, 0.15) is 6.61 Å². The summed E-state index contributed by atoms with van der Waals surface area (Å²) < 4.78 is 11.2. The Hall–Kier alpha value is -4.41. The zero-order valence-electron chi connectivity index (χ0n) is 17.3. The van der Waals surface area contributed by atoms with Crippen LogP contribution < -0.4 is 31.5 Å². The Bertz CT molecular complexity index is 1190. The second-order valence-corrected chi connectivity index (χ2v) is 6.51. The summed E-state index contributed by atoms with van der Waals surface area (Å²) in [5.41, 5.74) is 2.76. The van der Waals surface area contributed by atoms with Crippen LogP contribution >= 0.6 is 0 Å². The summed E-state index contributed by atoms with van der Waals surface area (Å²) in [5.74, 6) is 0.681.